The van der Waals surface area contributed by atoms with E-state index in [-0.39, 0.29) is 25.0 Å². The van der Waals surface area contributed by atoms with Crippen molar-refractivity contribution >= 4 is 17.5 Å². The lowest BCUT2D eigenvalue weighted by atomic mass is 10.1. The number of ether oxygens (including phenoxy) is 1. The van der Waals surface area contributed by atoms with E-state index in [1.54, 1.807) is 55.5 Å². The van der Waals surface area contributed by atoms with Crippen molar-refractivity contribution in [3.63, 3.8) is 0 Å². The van der Waals surface area contributed by atoms with Crippen LogP contribution in [-0.2, 0) is 6.61 Å². The van der Waals surface area contributed by atoms with Crippen molar-refractivity contribution in [2.45, 2.75) is 13.5 Å². The molecule has 2 amide bonds. The maximum atomic E-state index is 12.5. The zero-order valence-electron chi connectivity index (χ0n) is 15.6. The molecule has 0 unspecified atom stereocenters. The number of carbonyl (C=O) groups excluding carboxylic acids is 2. The quantitative estimate of drug-likeness (QED) is 0.601. The molecule has 3 aromatic rings. The van der Waals surface area contributed by atoms with Gasteiger partial charge in [0.15, 0.2) is 6.61 Å². The molecule has 29 heavy (non-hydrogen) atoms. The number of nitrogens with zero attached hydrogens (tertiary/aromatic N) is 2. The minimum absolute atomic E-state index is 0.103. The number of amides is 2. The number of nitrogens with one attached hydrogen (secondary N) is 2. The topological polar surface area (TPSA) is 106 Å². The Balaban J connectivity index is 1.64. The molecule has 0 atom stereocenters. The molecule has 2 aromatic carbocycles. The number of hydrogen-bond acceptors (Lipinski definition) is 6. The maximum Gasteiger partial charge on any atom is 0.255 e. The number of rotatable bonds is 7. The summed E-state index contributed by atoms with van der Waals surface area (Å²) in [7, 11) is 0. The highest BCUT2D eigenvalue weighted by atomic mass is 16.5. The van der Waals surface area contributed by atoms with Gasteiger partial charge in [0, 0.05) is 12.5 Å². The molecule has 0 fully saturated rings. The Morgan fingerprint density at radius 1 is 1.14 bits per heavy atom. The average molecular weight is 390 g/mol. The predicted molar refractivity (Wildman–Crippen MR) is 105 cm³/mol. The van der Waals surface area contributed by atoms with Crippen LogP contribution in [0.15, 0.2) is 53.1 Å². The number of carbonyl (C=O) groups is 2. The highest BCUT2D eigenvalue weighted by Gasteiger charge is 2.14. The molecule has 0 aliphatic heterocycles. The van der Waals surface area contributed by atoms with Gasteiger partial charge in [-0.1, -0.05) is 23.2 Å². The number of anilines is 1. The molecule has 1 aromatic heterocycles. The van der Waals surface area contributed by atoms with Gasteiger partial charge in [0.1, 0.15) is 5.75 Å². The van der Waals surface area contributed by atoms with Crippen LogP contribution < -0.4 is 15.4 Å². The van der Waals surface area contributed by atoms with Gasteiger partial charge in [0.2, 0.25) is 11.7 Å². The van der Waals surface area contributed by atoms with Crippen molar-refractivity contribution in [1.29, 1.82) is 0 Å². The summed E-state index contributed by atoms with van der Waals surface area (Å²) in [6, 6.07) is 13.2. The minimum atomic E-state index is -0.362. The number of terminal acetylenes is 1. The Hall–Kier alpha value is -4.12. The second kappa shape index (κ2) is 9.19. The lowest BCUT2D eigenvalue weighted by molar-refractivity contribution is 0.0959. The molecule has 2 N–H and O–H groups in total. The predicted octanol–water partition coefficient (Wildman–Crippen LogP) is 2.57. The van der Waals surface area contributed by atoms with E-state index in [0.29, 0.717) is 34.3 Å². The molecule has 1 heterocycles. The van der Waals surface area contributed by atoms with Crippen LogP contribution in [0.4, 0.5) is 5.69 Å². The summed E-state index contributed by atoms with van der Waals surface area (Å²) >= 11 is 0. The Morgan fingerprint density at radius 3 is 2.59 bits per heavy atom. The van der Waals surface area contributed by atoms with Crippen molar-refractivity contribution in [2.75, 3.05) is 11.9 Å². The van der Waals surface area contributed by atoms with Gasteiger partial charge in [0.25, 0.3) is 11.8 Å². The standard InChI is InChI=1S/C21H18N4O4/c1-3-12-22-21(27)17-6-4-5-7-18(17)24-20(26)15-8-10-16(11-9-15)28-13-19-23-14(2)29-25-19/h1,4-11H,12-13H2,2H3,(H,22,27)(H,24,26). The summed E-state index contributed by atoms with van der Waals surface area (Å²) in [6.45, 7) is 1.95. The first-order valence-corrected chi connectivity index (χ1v) is 8.71. The summed E-state index contributed by atoms with van der Waals surface area (Å²) in [5.74, 6) is 3.07. The summed E-state index contributed by atoms with van der Waals surface area (Å²) in [5.41, 5.74) is 1.12. The van der Waals surface area contributed by atoms with Crippen LogP contribution >= 0.6 is 0 Å². The molecule has 3 rings (SSSR count). The summed E-state index contributed by atoms with van der Waals surface area (Å²) in [6.07, 6.45) is 5.16. The molecule has 8 heteroatoms. The third-order valence-electron chi connectivity index (χ3n) is 3.82. The van der Waals surface area contributed by atoms with Crippen LogP contribution in [0.25, 0.3) is 0 Å². The van der Waals surface area contributed by atoms with E-state index >= 15 is 0 Å². The minimum Gasteiger partial charge on any atom is -0.485 e. The van der Waals surface area contributed by atoms with Crippen molar-refractivity contribution in [3.8, 4) is 18.1 Å². The average Bonchev–Trinajstić information content (AvgIpc) is 3.16. The number of aryl methyl sites for hydroxylation is 1. The van der Waals surface area contributed by atoms with Crippen LogP contribution in [0.5, 0.6) is 5.75 Å². The van der Waals surface area contributed by atoms with E-state index in [4.69, 9.17) is 15.7 Å². The maximum absolute atomic E-state index is 12.5. The van der Waals surface area contributed by atoms with E-state index in [2.05, 4.69) is 26.7 Å². The summed E-state index contributed by atoms with van der Waals surface area (Å²) in [4.78, 5) is 28.8. The fourth-order valence-electron chi connectivity index (χ4n) is 2.46. The second-order valence-corrected chi connectivity index (χ2v) is 5.93. The van der Waals surface area contributed by atoms with Crippen molar-refractivity contribution in [2.24, 2.45) is 0 Å². The molecule has 0 saturated heterocycles. The van der Waals surface area contributed by atoms with Crippen molar-refractivity contribution in [3.05, 3.63) is 71.4 Å². The lowest BCUT2D eigenvalue weighted by Gasteiger charge is -2.11. The van der Waals surface area contributed by atoms with Gasteiger partial charge < -0.3 is 19.9 Å². The zero-order chi connectivity index (χ0) is 20.6. The molecule has 0 aliphatic rings. The first-order chi connectivity index (χ1) is 14.1. The number of aromatic nitrogens is 2. The first kappa shape index (κ1) is 19.6. The van der Waals surface area contributed by atoms with E-state index in [9.17, 15) is 9.59 Å². The van der Waals surface area contributed by atoms with Gasteiger partial charge in [-0.3, -0.25) is 9.59 Å². The Bertz CT molecular complexity index is 1050. The van der Waals surface area contributed by atoms with E-state index in [1.165, 1.54) is 0 Å². The van der Waals surface area contributed by atoms with Gasteiger partial charge in [-0.15, -0.1) is 6.42 Å². The highest BCUT2D eigenvalue weighted by molar-refractivity contribution is 6.09. The molecule has 0 spiro atoms. The van der Waals surface area contributed by atoms with Gasteiger partial charge in [-0.05, 0) is 36.4 Å². The van der Waals surface area contributed by atoms with Gasteiger partial charge in [0.05, 0.1) is 17.8 Å². The molecule has 0 saturated carbocycles. The van der Waals surface area contributed by atoms with Gasteiger partial charge in [-0.25, -0.2) is 0 Å². The van der Waals surface area contributed by atoms with Crippen LogP contribution in [0, 0.1) is 19.3 Å². The number of benzene rings is 2. The molecule has 0 bridgehead atoms. The molecular formula is C21H18N4O4. The highest BCUT2D eigenvalue weighted by Crippen LogP contribution is 2.18. The SMILES string of the molecule is C#CCNC(=O)c1ccccc1NC(=O)c1ccc(OCc2noc(C)n2)cc1. The van der Waals surface area contributed by atoms with Gasteiger partial charge >= 0.3 is 0 Å². The van der Waals surface area contributed by atoms with Crippen molar-refractivity contribution < 1.29 is 18.8 Å². The third-order valence-corrected chi connectivity index (χ3v) is 3.82. The third kappa shape index (κ3) is 5.20. The van der Waals surface area contributed by atoms with Crippen LogP contribution in [0.2, 0.25) is 0 Å². The van der Waals surface area contributed by atoms with Crippen LogP contribution in [-0.4, -0.2) is 28.5 Å². The van der Waals surface area contributed by atoms with E-state index in [0.717, 1.165) is 0 Å². The van der Waals surface area contributed by atoms with E-state index < -0.39 is 0 Å². The second-order valence-electron chi connectivity index (χ2n) is 5.93. The molecular weight excluding hydrogens is 372 g/mol. The molecule has 8 nitrogen and oxygen atoms in total. The van der Waals surface area contributed by atoms with Gasteiger partial charge in [-0.2, -0.15) is 4.98 Å². The first-order valence-electron chi connectivity index (χ1n) is 8.71. The Labute approximate surface area is 167 Å². The fourth-order valence-corrected chi connectivity index (χ4v) is 2.46. The number of hydrogen-bond donors (Lipinski definition) is 2. The van der Waals surface area contributed by atoms with Crippen LogP contribution in [0.3, 0.4) is 0 Å². The molecule has 0 radical (unpaired) electrons. The molecule has 0 aliphatic carbocycles. The summed E-state index contributed by atoms with van der Waals surface area (Å²) < 4.78 is 10.4. The molecule has 146 valence electrons. The summed E-state index contributed by atoms with van der Waals surface area (Å²) in [5, 5.41) is 9.06. The Morgan fingerprint density at radius 2 is 1.90 bits per heavy atom. The normalized spacial score (nSPS) is 10.1. The smallest absolute Gasteiger partial charge is 0.255 e. The van der Waals surface area contributed by atoms with E-state index in [1.807, 2.05) is 0 Å². The Kier molecular flexibility index (Phi) is 6.22. The number of para-hydroxylation sites is 1. The monoisotopic (exact) mass is 390 g/mol. The zero-order valence-corrected chi connectivity index (χ0v) is 15.6. The van der Waals surface area contributed by atoms with Crippen molar-refractivity contribution in [1.82, 2.24) is 15.5 Å². The van der Waals surface area contributed by atoms with Crippen LogP contribution in [0.1, 0.15) is 32.4 Å². The lowest BCUT2D eigenvalue weighted by Crippen LogP contribution is -2.25. The fraction of sp³-hybridized carbons (Fsp3) is 0.143. The largest absolute Gasteiger partial charge is 0.485 e.